The molecular weight excluding hydrogens is 193 g/mol. The number of nitrogens with two attached hydrogens (primary N) is 1. The second kappa shape index (κ2) is 3.74. The minimum atomic E-state index is -1.09. The summed E-state index contributed by atoms with van der Waals surface area (Å²) in [4.78, 5) is 11.8. The van der Waals surface area contributed by atoms with Gasteiger partial charge >= 0.3 is 0 Å². The van der Waals surface area contributed by atoms with Gasteiger partial charge in [0.25, 0.3) is 0 Å². The third-order valence-electron chi connectivity index (χ3n) is 3.08. The van der Waals surface area contributed by atoms with Crippen molar-refractivity contribution in [2.75, 3.05) is 0 Å². The van der Waals surface area contributed by atoms with Crippen LogP contribution in [0.4, 0.5) is 4.39 Å². The van der Waals surface area contributed by atoms with Crippen molar-refractivity contribution in [3.05, 3.63) is 35.6 Å². The van der Waals surface area contributed by atoms with Gasteiger partial charge in [0.1, 0.15) is 11.4 Å². The Kier molecular flexibility index (Phi) is 2.57. The van der Waals surface area contributed by atoms with Gasteiger partial charge < -0.3 is 5.73 Å². The van der Waals surface area contributed by atoms with Gasteiger partial charge in [-0.1, -0.05) is 24.6 Å². The number of rotatable bonds is 1. The van der Waals surface area contributed by atoms with Gasteiger partial charge in [0.15, 0.2) is 5.78 Å². The Morgan fingerprint density at radius 3 is 2.67 bits per heavy atom. The number of carbonyl (C=O) groups is 1. The molecule has 3 heteroatoms. The molecule has 1 unspecified atom stereocenters. The van der Waals surface area contributed by atoms with E-state index < -0.39 is 5.54 Å². The number of benzene rings is 1. The van der Waals surface area contributed by atoms with Crippen molar-refractivity contribution in [1.29, 1.82) is 0 Å². The first-order valence-corrected chi connectivity index (χ1v) is 5.22. The van der Waals surface area contributed by atoms with Crippen LogP contribution in [-0.2, 0) is 10.3 Å². The van der Waals surface area contributed by atoms with Crippen molar-refractivity contribution in [2.45, 2.75) is 31.2 Å². The van der Waals surface area contributed by atoms with E-state index in [4.69, 9.17) is 5.73 Å². The van der Waals surface area contributed by atoms with Crippen LogP contribution in [0.15, 0.2) is 24.3 Å². The van der Waals surface area contributed by atoms with Crippen molar-refractivity contribution in [3.8, 4) is 0 Å². The van der Waals surface area contributed by atoms with Gasteiger partial charge in [-0.05, 0) is 18.9 Å². The molecule has 80 valence electrons. The lowest BCUT2D eigenvalue weighted by molar-refractivity contribution is -0.126. The molecule has 0 aromatic heterocycles. The zero-order valence-corrected chi connectivity index (χ0v) is 8.50. The Morgan fingerprint density at radius 2 is 2.00 bits per heavy atom. The molecule has 1 aliphatic rings. The number of carbonyl (C=O) groups excluding carboxylic acids is 1. The van der Waals surface area contributed by atoms with Crippen LogP contribution in [0.1, 0.15) is 31.2 Å². The standard InChI is InChI=1S/C12H14FNO/c13-10-6-2-1-5-9(10)12(14)8-4-3-7-11(12)15/h1-2,5-6H,3-4,7-8,14H2. The van der Waals surface area contributed by atoms with E-state index in [1.165, 1.54) is 6.07 Å². The van der Waals surface area contributed by atoms with E-state index in [1.54, 1.807) is 18.2 Å². The van der Waals surface area contributed by atoms with E-state index in [0.29, 0.717) is 18.4 Å². The number of hydrogen-bond acceptors (Lipinski definition) is 2. The van der Waals surface area contributed by atoms with Gasteiger partial charge in [-0.2, -0.15) is 0 Å². The Morgan fingerprint density at radius 1 is 1.27 bits per heavy atom. The van der Waals surface area contributed by atoms with E-state index in [1.807, 2.05) is 0 Å². The molecule has 0 amide bonds. The van der Waals surface area contributed by atoms with Crippen LogP contribution in [0.5, 0.6) is 0 Å². The van der Waals surface area contributed by atoms with Crippen molar-refractivity contribution < 1.29 is 9.18 Å². The van der Waals surface area contributed by atoms with Crippen LogP contribution >= 0.6 is 0 Å². The molecule has 1 saturated carbocycles. The summed E-state index contributed by atoms with van der Waals surface area (Å²) in [6, 6.07) is 6.29. The van der Waals surface area contributed by atoms with Crippen LogP contribution in [0.25, 0.3) is 0 Å². The molecule has 1 aromatic carbocycles. The Hall–Kier alpha value is -1.22. The second-order valence-electron chi connectivity index (χ2n) is 4.08. The fourth-order valence-electron chi connectivity index (χ4n) is 2.16. The number of Topliss-reactive ketones (excluding diaryl/α,β-unsaturated/α-hetero) is 1. The molecule has 0 saturated heterocycles. The van der Waals surface area contributed by atoms with Gasteiger partial charge in [0.05, 0.1) is 0 Å². The third kappa shape index (κ3) is 1.67. The molecule has 0 bridgehead atoms. The van der Waals surface area contributed by atoms with Gasteiger partial charge in [0, 0.05) is 12.0 Å². The highest BCUT2D eigenvalue weighted by molar-refractivity contribution is 5.90. The van der Waals surface area contributed by atoms with E-state index in [0.717, 1.165) is 12.8 Å². The Bertz CT molecular complexity index is 391. The quantitative estimate of drug-likeness (QED) is 0.766. The zero-order valence-electron chi connectivity index (χ0n) is 8.50. The van der Waals surface area contributed by atoms with Crippen molar-refractivity contribution >= 4 is 5.78 Å². The van der Waals surface area contributed by atoms with Crippen LogP contribution in [-0.4, -0.2) is 5.78 Å². The van der Waals surface area contributed by atoms with Crippen LogP contribution < -0.4 is 5.73 Å². The maximum absolute atomic E-state index is 13.6. The number of hydrogen-bond donors (Lipinski definition) is 1. The van der Waals surface area contributed by atoms with Gasteiger partial charge in [-0.25, -0.2) is 4.39 Å². The monoisotopic (exact) mass is 207 g/mol. The molecule has 2 N–H and O–H groups in total. The minimum Gasteiger partial charge on any atom is -0.315 e. The molecule has 2 nitrogen and oxygen atoms in total. The van der Waals surface area contributed by atoms with E-state index in [9.17, 15) is 9.18 Å². The molecule has 1 atom stereocenters. The fraction of sp³-hybridized carbons (Fsp3) is 0.417. The summed E-state index contributed by atoms with van der Waals surface area (Å²) < 4.78 is 13.6. The van der Waals surface area contributed by atoms with Gasteiger partial charge in [0.2, 0.25) is 0 Å². The lowest BCUT2D eigenvalue weighted by Gasteiger charge is -2.32. The molecule has 0 spiro atoms. The summed E-state index contributed by atoms with van der Waals surface area (Å²) in [6.45, 7) is 0. The zero-order chi connectivity index (χ0) is 10.9. The highest BCUT2D eigenvalue weighted by Gasteiger charge is 2.39. The predicted octanol–water partition coefficient (Wildman–Crippen LogP) is 2.12. The molecule has 15 heavy (non-hydrogen) atoms. The van der Waals surface area contributed by atoms with E-state index in [-0.39, 0.29) is 11.6 Å². The molecule has 0 aliphatic heterocycles. The summed E-state index contributed by atoms with van der Waals surface area (Å²) in [5.74, 6) is -0.422. The number of ketones is 1. The number of halogens is 1. The SMILES string of the molecule is NC1(c2ccccc2F)CCCCC1=O. The topological polar surface area (TPSA) is 43.1 Å². The molecule has 0 heterocycles. The van der Waals surface area contributed by atoms with Crippen molar-refractivity contribution in [2.24, 2.45) is 5.73 Å². The molecule has 0 radical (unpaired) electrons. The summed E-state index contributed by atoms with van der Waals surface area (Å²) in [7, 11) is 0. The van der Waals surface area contributed by atoms with Gasteiger partial charge in [-0.3, -0.25) is 4.79 Å². The average molecular weight is 207 g/mol. The lowest BCUT2D eigenvalue weighted by atomic mass is 9.76. The molecular formula is C12H14FNO. The van der Waals surface area contributed by atoms with Crippen LogP contribution in [0.3, 0.4) is 0 Å². The first-order valence-electron chi connectivity index (χ1n) is 5.22. The fourth-order valence-corrected chi connectivity index (χ4v) is 2.16. The summed E-state index contributed by atoms with van der Waals surface area (Å²) >= 11 is 0. The van der Waals surface area contributed by atoms with Crippen molar-refractivity contribution in [1.82, 2.24) is 0 Å². The van der Waals surface area contributed by atoms with Crippen LogP contribution in [0, 0.1) is 5.82 Å². The van der Waals surface area contributed by atoms with E-state index >= 15 is 0 Å². The molecule has 1 fully saturated rings. The average Bonchev–Trinajstić information content (AvgIpc) is 2.23. The summed E-state index contributed by atoms with van der Waals surface area (Å²) in [6.07, 6.45) is 2.76. The molecule has 1 aromatic rings. The van der Waals surface area contributed by atoms with E-state index in [2.05, 4.69) is 0 Å². The maximum Gasteiger partial charge on any atom is 0.157 e. The lowest BCUT2D eigenvalue weighted by Crippen LogP contribution is -2.47. The highest BCUT2D eigenvalue weighted by Crippen LogP contribution is 2.33. The first kappa shape index (κ1) is 10.3. The Balaban J connectivity index is 2.44. The third-order valence-corrected chi connectivity index (χ3v) is 3.08. The predicted molar refractivity (Wildman–Crippen MR) is 55.7 cm³/mol. The first-order chi connectivity index (χ1) is 7.14. The molecule has 2 rings (SSSR count). The molecule has 1 aliphatic carbocycles. The second-order valence-corrected chi connectivity index (χ2v) is 4.08. The normalized spacial score (nSPS) is 26.7. The minimum absolute atomic E-state index is 0.0427. The Labute approximate surface area is 88.3 Å². The highest BCUT2D eigenvalue weighted by atomic mass is 19.1. The smallest absolute Gasteiger partial charge is 0.157 e. The maximum atomic E-state index is 13.6. The summed E-state index contributed by atoms with van der Waals surface area (Å²) in [5, 5.41) is 0. The summed E-state index contributed by atoms with van der Waals surface area (Å²) in [5.41, 5.74) is 5.28. The largest absolute Gasteiger partial charge is 0.315 e. The van der Waals surface area contributed by atoms with Crippen molar-refractivity contribution in [3.63, 3.8) is 0 Å². The van der Waals surface area contributed by atoms with Crippen LogP contribution in [0.2, 0.25) is 0 Å². The van der Waals surface area contributed by atoms with Gasteiger partial charge in [-0.15, -0.1) is 0 Å².